The minimum absolute atomic E-state index is 0.386. The van der Waals surface area contributed by atoms with Gasteiger partial charge in [-0.05, 0) is 30.4 Å². The monoisotopic (exact) mass is 398 g/mol. The summed E-state index contributed by atoms with van der Waals surface area (Å²) >= 11 is 3.92. The summed E-state index contributed by atoms with van der Waals surface area (Å²) in [7, 11) is 0. The van der Waals surface area contributed by atoms with Crippen LogP contribution in [0.2, 0.25) is 0 Å². The first-order chi connectivity index (χ1) is 12.2. The van der Waals surface area contributed by atoms with E-state index in [-0.39, 0.29) is 0 Å². The molecule has 25 heavy (non-hydrogen) atoms. The number of rotatable bonds is 4. The van der Waals surface area contributed by atoms with E-state index in [1.165, 1.54) is 50.0 Å². The maximum atomic E-state index is 3.92. The molecule has 2 heterocycles. The number of hydrogen-bond acceptors (Lipinski definition) is 2. The van der Waals surface area contributed by atoms with Crippen LogP contribution in [0, 0.1) is 0 Å². The van der Waals surface area contributed by atoms with Crippen LogP contribution in [0.4, 0.5) is 0 Å². The van der Waals surface area contributed by atoms with E-state index in [0.717, 1.165) is 13.1 Å². The van der Waals surface area contributed by atoms with Crippen molar-refractivity contribution in [2.45, 2.75) is 42.7 Å². The molecule has 0 bridgehead atoms. The summed E-state index contributed by atoms with van der Waals surface area (Å²) in [6.07, 6.45) is 3.86. The minimum Gasteiger partial charge on any atom is -0.299 e. The predicted molar refractivity (Wildman–Crippen MR) is 108 cm³/mol. The lowest BCUT2D eigenvalue weighted by atomic mass is 9.84. The van der Waals surface area contributed by atoms with Crippen LogP contribution in [0.5, 0.6) is 0 Å². The number of hydrogen-bond donors (Lipinski definition) is 0. The van der Waals surface area contributed by atoms with Crippen LogP contribution in [0.3, 0.4) is 0 Å². The lowest BCUT2D eigenvalue weighted by Crippen LogP contribution is -2.51. The Morgan fingerprint density at radius 3 is 2.00 bits per heavy atom. The number of alkyl halides is 1. The zero-order chi connectivity index (χ0) is 17.1. The van der Waals surface area contributed by atoms with Crippen molar-refractivity contribution in [2.24, 2.45) is 0 Å². The molecule has 0 aromatic heterocycles. The lowest BCUT2D eigenvalue weighted by Gasteiger charge is -2.45. The van der Waals surface area contributed by atoms with Crippen LogP contribution in [-0.4, -0.2) is 39.8 Å². The first-order valence-corrected chi connectivity index (χ1v) is 10.3. The molecule has 2 aliphatic rings. The largest absolute Gasteiger partial charge is 0.299 e. The summed E-state index contributed by atoms with van der Waals surface area (Å²) in [6.45, 7) is 5.77. The molecule has 132 valence electrons. The highest BCUT2D eigenvalue weighted by atomic mass is 79.9. The zero-order valence-corrected chi connectivity index (χ0v) is 16.4. The minimum atomic E-state index is 0.386. The SMILES string of the molecule is BrC1CN(Cc2ccccc2)C2(CCN(Cc3ccccc3)CC2)C1. The molecular weight excluding hydrogens is 372 g/mol. The van der Waals surface area contributed by atoms with E-state index in [1.54, 1.807) is 0 Å². The Labute approximate surface area is 160 Å². The van der Waals surface area contributed by atoms with Crippen molar-refractivity contribution >= 4 is 15.9 Å². The van der Waals surface area contributed by atoms with Crippen LogP contribution < -0.4 is 0 Å². The molecule has 0 amide bonds. The highest BCUT2D eigenvalue weighted by Crippen LogP contribution is 2.42. The summed E-state index contributed by atoms with van der Waals surface area (Å²) in [5, 5.41) is 0. The molecule has 2 nitrogen and oxygen atoms in total. The molecule has 2 fully saturated rings. The molecule has 2 saturated heterocycles. The molecule has 0 aliphatic carbocycles. The van der Waals surface area contributed by atoms with Crippen LogP contribution in [0.15, 0.2) is 60.7 Å². The Morgan fingerprint density at radius 2 is 1.40 bits per heavy atom. The van der Waals surface area contributed by atoms with E-state index in [4.69, 9.17) is 0 Å². The highest BCUT2D eigenvalue weighted by molar-refractivity contribution is 9.09. The Kier molecular flexibility index (Phi) is 5.25. The molecule has 0 radical (unpaired) electrons. The molecule has 2 aromatic rings. The zero-order valence-electron chi connectivity index (χ0n) is 14.8. The molecule has 3 heteroatoms. The van der Waals surface area contributed by atoms with Crippen LogP contribution >= 0.6 is 15.9 Å². The molecule has 2 aliphatic heterocycles. The predicted octanol–water partition coefficient (Wildman–Crippen LogP) is 4.69. The van der Waals surface area contributed by atoms with E-state index in [1.807, 2.05) is 0 Å². The van der Waals surface area contributed by atoms with Crippen molar-refractivity contribution < 1.29 is 0 Å². The average Bonchev–Trinajstić information content (AvgIpc) is 2.94. The Balaban J connectivity index is 1.41. The molecule has 0 N–H and O–H groups in total. The maximum Gasteiger partial charge on any atom is 0.0291 e. The average molecular weight is 399 g/mol. The first kappa shape index (κ1) is 17.3. The third-order valence-corrected chi connectivity index (χ3v) is 6.56. The van der Waals surface area contributed by atoms with Gasteiger partial charge in [0.05, 0.1) is 0 Å². The standard InChI is InChI=1S/C22H27BrN2/c23-21-15-22(25(18-21)17-20-9-5-2-6-10-20)11-13-24(14-12-22)16-19-7-3-1-4-8-19/h1-10,21H,11-18H2. The number of nitrogens with zero attached hydrogens (tertiary/aromatic N) is 2. The van der Waals surface area contributed by atoms with Gasteiger partial charge in [-0.25, -0.2) is 0 Å². The van der Waals surface area contributed by atoms with Gasteiger partial charge in [0.25, 0.3) is 0 Å². The summed E-state index contributed by atoms with van der Waals surface area (Å²) in [5.41, 5.74) is 3.26. The Bertz CT molecular complexity index is 665. The van der Waals surface area contributed by atoms with E-state index in [9.17, 15) is 0 Å². The maximum absolute atomic E-state index is 3.92. The molecule has 1 unspecified atom stereocenters. The van der Waals surface area contributed by atoms with Crippen molar-refractivity contribution in [3.8, 4) is 0 Å². The van der Waals surface area contributed by atoms with Crippen molar-refractivity contribution in [2.75, 3.05) is 19.6 Å². The van der Waals surface area contributed by atoms with Gasteiger partial charge in [-0.2, -0.15) is 0 Å². The van der Waals surface area contributed by atoms with Crippen molar-refractivity contribution in [1.82, 2.24) is 9.80 Å². The summed E-state index contributed by atoms with van der Waals surface area (Å²) in [5.74, 6) is 0. The van der Waals surface area contributed by atoms with Gasteiger partial charge < -0.3 is 0 Å². The van der Waals surface area contributed by atoms with Crippen molar-refractivity contribution in [3.63, 3.8) is 0 Å². The highest BCUT2D eigenvalue weighted by Gasteiger charge is 2.46. The van der Waals surface area contributed by atoms with Crippen LogP contribution in [0.25, 0.3) is 0 Å². The van der Waals surface area contributed by atoms with Gasteiger partial charge >= 0.3 is 0 Å². The van der Waals surface area contributed by atoms with E-state index in [2.05, 4.69) is 86.4 Å². The second-order valence-corrected chi connectivity index (χ2v) is 8.95. The molecule has 4 rings (SSSR count). The number of piperidine rings is 1. The number of benzene rings is 2. The number of halogens is 1. The Morgan fingerprint density at radius 1 is 0.840 bits per heavy atom. The van der Waals surface area contributed by atoms with Gasteiger partial charge in [0, 0.05) is 43.1 Å². The van der Waals surface area contributed by atoms with E-state index >= 15 is 0 Å². The summed E-state index contributed by atoms with van der Waals surface area (Å²) in [6, 6.07) is 21.8. The molecule has 2 aromatic carbocycles. The fourth-order valence-corrected chi connectivity index (χ4v) is 5.52. The lowest BCUT2D eigenvalue weighted by molar-refractivity contribution is 0.0450. The quantitative estimate of drug-likeness (QED) is 0.689. The second kappa shape index (κ2) is 7.61. The third kappa shape index (κ3) is 3.99. The first-order valence-electron chi connectivity index (χ1n) is 9.43. The summed E-state index contributed by atoms with van der Waals surface area (Å²) in [4.78, 5) is 6.02. The number of likely N-dealkylation sites (tertiary alicyclic amines) is 2. The van der Waals surface area contributed by atoms with Gasteiger partial charge in [0.1, 0.15) is 0 Å². The topological polar surface area (TPSA) is 6.48 Å². The van der Waals surface area contributed by atoms with Gasteiger partial charge in [-0.1, -0.05) is 76.6 Å². The smallest absolute Gasteiger partial charge is 0.0291 e. The molecule has 1 atom stereocenters. The third-order valence-electron chi connectivity index (χ3n) is 5.94. The molecule has 0 saturated carbocycles. The fraction of sp³-hybridized carbons (Fsp3) is 0.455. The van der Waals surface area contributed by atoms with Gasteiger partial charge in [0.2, 0.25) is 0 Å². The second-order valence-electron chi connectivity index (χ2n) is 7.65. The van der Waals surface area contributed by atoms with Crippen LogP contribution in [-0.2, 0) is 13.1 Å². The van der Waals surface area contributed by atoms with Crippen molar-refractivity contribution in [3.05, 3.63) is 71.8 Å². The van der Waals surface area contributed by atoms with E-state index < -0.39 is 0 Å². The molecular formula is C22H27BrN2. The molecule has 1 spiro atoms. The normalized spacial score (nSPS) is 24.0. The van der Waals surface area contributed by atoms with Crippen molar-refractivity contribution in [1.29, 1.82) is 0 Å². The fourth-order valence-electron chi connectivity index (χ4n) is 4.56. The van der Waals surface area contributed by atoms with Gasteiger partial charge in [-0.15, -0.1) is 0 Å². The van der Waals surface area contributed by atoms with Gasteiger partial charge in [0.15, 0.2) is 0 Å². The van der Waals surface area contributed by atoms with Crippen LogP contribution in [0.1, 0.15) is 30.4 Å². The summed E-state index contributed by atoms with van der Waals surface area (Å²) < 4.78 is 0. The Hall–Kier alpha value is -1.16. The van der Waals surface area contributed by atoms with E-state index in [0.29, 0.717) is 10.4 Å². The van der Waals surface area contributed by atoms with Gasteiger partial charge in [-0.3, -0.25) is 9.80 Å².